The van der Waals surface area contributed by atoms with Crippen LogP contribution in [0.15, 0.2) is 16.7 Å². The van der Waals surface area contributed by atoms with Gasteiger partial charge in [-0.05, 0) is 33.5 Å². The van der Waals surface area contributed by atoms with Gasteiger partial charge in [-0.25, -0.2) is 4.98 Å². The van der Waals surface area contributed by atoms with Crippen LogP contribution in [0.5, 0.6) is 0 Å². The monoisotopic (exact) mass is 216 g/mol. The summed E-state index contributed by atoms with van der Waals surface area (Å²) in [7, 11) is -1.50. The number of rotatable bonds is 1. The summed E-state index contributed by atoms with van der Waals surface area (Å²) in [6, 6.07) is 2.89. The van der Waals surface area contributed by atoms with Crippen LogP contribution in [0.3, 0.4) is 0 Å². The van der Waals surface area contributed by atoms with Crippen molar-refractivity contribution in [3.63, 3.8) is 0 Å². The van der Waals surface area contributed by atoms with Crippen LogP contribution in [-0.4, -0.2) is 22.2 Å². The van der Waals surface area contributed by atoms with Crippen molar-refractivity contribution in [1.29, 1.82) is 0 Å². The zero-order valence-electron chi connectivity index (χ0n) is 5.53. The van der Waals surface area contributed by atoms with Crippen molar-refractivity contribution in [1.82, 2.24) is 4.98 Å². The maximum absolute atomic E-state index is 8.72. The smallest absolute Gasteiger partial charge is 0.423 e. The number of halogens is 1. The molecule has 0 unspecified atom stereocenters. The Bertz CT molecular complexity index is 248. The zero-order valence-corrected chi connectivity index (χ0v) is 7.12. The van der Waals surface area contributed by atoms with Gasteiger partial charge < -0.3 is 15.8 Å². The molecule has 4 nitrogen and oxygen atoms in total. The lowest BCUT2D eigenvalue weighted by Crippen LogP contribution is -2.30. The molecule has 0 aliphatic heterocycles. The Morgan fingerprint density at radius 3 is 2.55 bits per heavy atom. The molecule has 1 aromatic rings. The quantitative estimate of drug-likeness (QED) is 0.420. The molecule has 0 fully saturated rings. The van der Waals surface area contributed by atoms with E-state index in [4.69, 9.17) is 15.8 Å². The summed E-state index contributed by atoms with van der Waals surface area (Å²) in [5.41, 5.74) is 5.66. The number of nitrogens with two attached hydrogens (primary N) is 1. The molecule has 1 heterocycles. The van der Waals surface area contributed by atoms with E-state index in [0.29, 0.717) is 10.1 Å². The first-order valence-electron chi connectivity index (χ1n) is 2.88. The van der Waals surface area contributed by atoms with Gasteiger partial charge in [0.1, 0.15) is 10.4 Å². The van der Waals surface area contributed by atoms with E-state index < -0.39 is 7.12 Å². The van der Waals surface area contributed by atoms with Gasteiger partial charge in [0.15, 0.2) is 0 Å². The van der Waals surface area contributed by atoms with E-state index in [1.54, 1.807) is 0 Å². The molecular formula is C5H6BBrN2O2. The van der Waals surface area contributed by atoms with Gasteiger partial charge in [-0.1, -0.05) is 0 Å². The Labute approximate surface area is 72.3 Å². The molecular weight excluding hydrogens is 211 g/mol. The number of anilines is 1. The molecule has 58 valence electrons. The minimum Gasteiger partial charge on any atom is -0.423 e. The molecule has 0 aliphatic rings. The lowest BCUT2D eigenvalue weighted by molar-refractivity contribution is 0.425. The van der Waals surface area contributed by atoms with Gasteiger partial charge in [0.25, 0.3) is 0 Å². The SMILES string of the molecule is Nc1cc(B(O)O)cc(Br)n1. The summed E-state index contributed by atoms with van der Waals surface area (Å²) in [6.07, 6.45) is 0. The third-order valence-corrected chi connectivity index (χ3v) is 1.54. The maximum atomic E-state index is 8.72. The van der Waals surface area contributed by atoms with Gasteiger partial charge in [0.2, 0.25) is 0 Å². The Balaban J connectivity index is 3.08. The van der Waals surface area contributed by atoms with Gasteiger partial charge in [-0.2, -0.15) is 0 Å². The second-order valence-electron chi connectivity index (χ2n) is 2.02. The van der Waals surface area contributed by atoms with E-state index in [9.17, 15) is 0 Å². The van der Waals surface area contributed by atoms with Crippen molar-refractivity contribution in [2.75, 3.05) is 5.73 Å². The molecule has 6 heteroatoms. The maximum Gasteiger partial charge on any atom is 0.488 e. The average molecular weight is 217 g/mol. The van der Waals surface area contributed by atoms with Crippen LogP contribution in [0.1, 0.15) is 0 Å². The minimum absolute atomic E-state index is 0.252. The third-order valence-electron chi connectivity index (χ3n) is 1.13. The molecule has 1 rings (SSSR count). The van der Waals surface area contributed by atoms with Crippen LogP contribution in [0.4, 0.5) is 5.82 Å². The highest BCUT2D eigenvalue weighted by Gasteiger charge is 2.11. The Morgan fingerprint density at radius 2 is 2.09 bits per heavy atom. The molecule has 0 aliphatic carbocycles. The first-order chi connectivity index (χ1) is 5.09. The van der Waals surface area contributed by atoms with Crippen molar-refractivity contribution in [3.05, 3.63) is 16.7 Å². The van der Waals surface area contributed by atoms with Crippen molar-refractivity contribution >= 4 is 34.3 Å². The van der Waals surface area contributed by atoms with Gasteiger partial charge in [-0.15, -0.1) is 0 Å². The van der Waals surface area contributed by atoms with Gasteiger partial charge in [0.05, 0.1) is 0 Å². The molecule has 0 saturated heterocycles. The predicted molar refractivity (Wildman–Crippen MR) is 46.2 cm³/mol. The van der Waals surface area contributed by atoms with Crippen LogP contribution >= 0.6 is 15.9 Å². The van der Waals surface area contributed by atoms with Gasteiger partial charge in [0, 0.05) is 0 Å². The van der Waals surface area contributed by atoms with E-state index in [0.717, 1.165) is 0 Å². The second kappa shape index (κ2) is 3.21. The van der Waals surface area contributed by atoms with Crippen LogP contribution < -0.4 is 11.2 Å². The Hall–Kier alpha value is -0.585. The minimum atomic E-state index is -1.50. The fourth-order valence-corrected chi connectivity index (χ4v) is 1.16. The standard InChI is InChI=1S/C5H6BBrN2O2/c7-4-1-3(6(10)11)2-5(8)9-4/h1-2,10-11H,(H2,8,9). The molecule has 4 N–H and O–H groups in total. The van der Waals surface area contributed by atoms with Gasteiger partial charge in [-0.3, -0.25) is 0 Å². The first kappa shape index (κ1) is 8.51. The summed E-state index contributed by atoms with van der Waals surface area (Å²) in [5.74, 6) is 0.252. The van der Waals surface area contributed by atoms with E-state index in [2.05, 4.69) is 20.9 Å². The van der Waals surface area contributed by atoms with E-state index >= 15 is 0 Å². The zero-order chi connectivity index (χ0) is 8.43. The summed E-state index contributed by atoms with van der Waals surface area (Å²) in [4.78, 5) is 3.79. The van der Waals surface area contributed by atoms with Crippen molar-refractivity contribution in [2.24, 2.45) is 0 Å². The molecule has 0 amide bonds. The van der Waals surface area contributed by atoms with E-state index in [1.807, 2.05) is 0 Å². The number of hydrogen-bond acceptors (Lipinski definition) is 4. The van der Waals surface area contributed by atoms with E-state index in [-0.39, 0.29) is 5.82 Å². The van der Waals surface area contributed by atoms with Crippen molar-refractivity contribution in [3.8, 4) is 0 Å². The molecule has 1 aromatic heterocycles. The highest BCUT2D eigenvalue weighted by molar-refractivity contribution is 9.10. The number of aromatic nitrogens is 1. The summed E-state index contributed by atoms with van der Waals surface area (Å²) in [5, 5.41) is 17.4. The van der Waals surface area contributed by atoms with Crippen LogP contribution in [0.25, 0.3) is 0 Å². The van der Waals surface area contributed by atoms with Crippen molar-refractivity contribution in [2.45, 2.75) is 0 Å². The van der Waals surface area contributed by atoms with E-state index in [1.165, 1.54) is 12.1 Å². The van der Waals surface area contributed by atoms with Crippen LogP contribution in [-0.2, 0) is 0 Å². The summed E-state index contributed by atoms with van der Waals surface area (Å²) < 4.78 is 0.487. The predicted octanol–water partition coefficient (Wildman–Crippen LogP) is -0.894. The largest absolute Gasteiger partial charge is 0.488 e. The third kappa shape index (κ3) is 2.18. The highest BCUT2D eigenvalue weighted by Crippen LogP contribution is 2.05. The van der Waals surface area contributed by atoms with Crippen LogP contribution in [0.2, 0.25) is 0 Å². The number of pyridine rings is 1. The molecule has 0 spiro atoms. The summed E-state index contributed by atoms with van der Waals surface area (Å²) in [6.45, 7) is 0. The second-order valence-corrected chi connectivity index (χ2v) is 2.83. The lowest BCUT2D eigenvalue weighted by Gasteiger charge is -2.00. The average Bonchev–Trinajstić information content (AvgIpc) is 1.85. The van der Waals surface area contributed by atoms with Crippen molar-refractivity contribution < 1.29 is 10.0 Å². The lowest BCUT2D eigenvalue weighted by atomic mass is 9.81. The Kier molecular flexibility index (Phi) is 2.48. The van der Waals surface area contributed by atoms with Crippen LogP contribution in [0, 0.1) is 0 Å². The molecule has 0 bridgehead atoms. The molecule has 0 atom stereocenters. The molecule has 11 heavy (non-hydrogen) atoms. The first-order valence-corrected chi connectivity index (χ1v) is 3.68. The summed E-state index contributed by atoms with van der Waals surface area (Å²) >= 11 is 3.07. The number of nitrogen functional groups attached to an aromatic ring is 1. The molecule has 0 saturated carbocycles. The Morgan fingerprint density at radius 1 is 1.45 bits per heavy atom. The molecule has 0 aromatic carbocycles. The fourth-order valence-electron chi connectivity index (χ4n) is 0.687. The van der Waals surface area contributed by atoms with Gasteiger partial charge >= 0.3 is 7.12 Å². The molecule has 0 radical (unpaired) electrons. The normalized spacial score (nSPS) is 9.73. The fraction of sp³-hybridized carbons (Fsp3) is 0. The number of nitrogens with zero attached hydrogens (tertiary/aromatic N) is 1. The topological polar surface area (TPSA) is 79.4 Å². The number of hydrogen-bond donors (Lipinski definition) is 3. The highest BCUT2D eigenvalue weighted by atomic mass is 79.9.